The molecule has 0 radical (unpaired) electrons. The van der Waals surface area contributed by atoms with Crippen LogP contribution in [-0.4, -0.2) is 23.4 Å². The first-order valence-corrected chi connectivity index (χ1v) is 13.6. The molecule has 35 heavy (non-hydrogen) atoms. The van der Waals surface area contributed by atoms with Gasteiger partial charge in [-0.05, 0) is 70.5 Å². The fraction of sp³-hybridized carbons (Fsp3) is 0.455. The topological polar surface area (TPSA) is 40.5 Å². The van der Waals surface area contributed by atoms with Gasteiger partial charge in [-0.3, -0.25) is 0 Å². The molecule has 0 aliphatic carbocycles. The Morgan fingerprint density at radius 1 is 0.657 bits per heavy atom. The first kappa shape index (κ1) is 27.2. The third kappa shape index (κ3) is 7.78. The second-order valence-electron chi connectivity index (χ2n) is 10.0. The molecule has 0 saturated heterocycles. The number of hydrogen-bond donors (Lipinski definition) is 2. The summed E-state index contributed by atoms with van der Waals surface area (Å²) in [4.78, 5) is 0. The van der Waals surface area contributed by atoms with Gasteiger partial charge in [0, 0.05) is 19.1 Å². The van der Waals surface area contributed by atoms with Gasteiger partial charge >= 0.3 is 0 Å². The average molecular weight is 473 g/mol. The second kappa shape index (κ2) is 14.2. The van der Waals surface area contributed by atoms with Crippen LogP contribution in [0.1, 0.15) is 69.6 Å². The van der Waals surface area contributed by atoms with Crippen molar-refractivity contribution in [2.24, 2.45) is 11.8 Å². The van der Waals surface area contributed by atoms with Crippen molar-refractivity contribution in [1.29, 1.82) is 0 Å². The molecule has 1 atom stereocenters. The Hall–Kier alpha value is -2.42. The van der Waals surface area contributed by atoms with Crippen molar-refractivity contribution < 1.29 is 10.2 Å². The number of rotatable bonds is 14. The number of aryl methyl sites for hydroxylation is 2. The van der Waals surface area contributed by atoms with Crippen molar-refractivity contribution in [2.75, 3.05) is 13.2 Å². The van der Waals surface area contributed by atoms with Crippen LogP contribution in [0.15, 0.2) is 66.7 Å². The Morgan fingerprint density at radius 3 is 1.89 bits per heavy atom. The van der Waals surface area contributed by atoms with E-state index < -0.39 is 0 Å². The van der Waals surface area contributed by atoms with E-state index in [0.717, 1.165) is 25.2 Å². The van der Waals surface area contributed by atoms with Crippen LogP contribution in [0.4, 0.5) is 0 Å². The highest BCUT2D eigenvalue weighted by Gasteiger charge is 2.10. The Balaban J connectivity index is 1.71. The Labute approximate surface area is 213 Å². The summed E-state index contributed by atoms with van der Waals surface area (Å²) in [7, 11) is 0. The fourth-order valence-corrected chi connectivity index (χ4v) is 4.92. The van der Waals surface area contributed by atoms with E-state index in [1.54, 1.807) is 0 Å². The lowest BCUT2D eigenvalue weighted by molar-refractivity contribution is 0.144. The number of aliphatic hydroxyl groups is 2. The standard InChI is InChI=1S/C33H44O2/c1-4-7-8-25(5-2)21-27-13-15-30(16-14-27)32-19-20-33(29(6-3)22-32)31-17-11-26(12-18-31)9-10-28(23-34)24-35/h11-20,22,25,28,34-35H,4-10,21,23-24H2,1-3H3. The van der Waals surface area contributed by atoms with Gasteiger partial charge in [-0.15, -0.1) is 0 Å². The molecule has 2 nitrogen and oxygen atoms in total. The first-order valence-electron chi connectivity index (χ1n) is 13.6. The predicted molar refractivity (Wildman–Crippen MR) is 150 cm³/mol. The van der Waals surface area contributed by atoms with Crippen molar-refractivity contribution in [3.05, 3.63) is 83.4 Å². The van der Waals surface area contributed by atoms with Crippen molar-refractivity contribution in [3.63, 3.8) is 0 Å². The number of hydrogen-bond acceptors (Lipinski definition) is 2. The van der Waals surface area contributed by atoms with Gasteiger partial charge in [0.25, 0.3) is 0 Å². The van der Waals surface area contributed by atoms with Gasteiger partial charge in [0.2, 0.25) is 0 Å². The highest BCUT2D eigenvalue weighted by molar-refractivity contribution is 5.74. The Morgan fingerprint density at radius 2 is 1.29 bits per heavy atom. The third-order valence-electron chi connectivity index (χ3n) is 7.46. The van der Waals surface area contributed by atoms with Gasteiger partial charge in [-0.1, -0.05) is 113 Å². The quantitative estimate of drug-likeness (QED) is 0.250. The SMILES string of the molecule is CCCCC(CC)Cc1ccc(-c2ccc(-c3ccc(CCC(CO)CO)cc3)c(CC)c2)cc1. The lowest BCUT2D eigenvalue weighted by Gasteiger charge is -2.15. The summed E-state index contributed by atoms with van der Waals surface area (Å²) in [5.41, 5.74) is 9.17. The van der Waals surface area contributed by atoms with Crippen LogP contribution in [-0.2, 0) is 19.3 Å². The molecule has 188 valence electrons. The van der Waals surface area contributed by atoms with E-state index in [1.165, 1.54) is 71.0 Å². The maximum Gasteiger partial charge on any atom is 0.0481 e. The van der Waals surface area contributed by atoms with Gasteiger partial charge in [0.1, 0.15) is 0 Å². The zero-order valence-corrected chi connectivity index (χ0v) is 22.0. The second-order valence-corrected chi connectivity index (χ2v) is 10.0. The molecule has 0 aliphatic heterocycles. The smallest absolute Gasteiger partial charge is 0.0481 e. The van der Waals surface area contributed by atoms with Gasteiger partial charge < -0.3 is 10.2 Å². The molecule has 1 unspecified atom stereocenters. The van der Waals surface area contributed by atoms with Crippen molar-refractivity contribution in [1.82, 2.24) is 0 Å². The highest BCUT2D eigenvalue weighted by atomic mass is 16.3. The van der Waals surface area contributed by atoms with Crippen LogP contribution < -0.4 is 0 Å². The van der Waals surface area contributed by atoms with E-state index in [4.69, 9.17) is 0 Å². The molecule has 0 saturated carbocycles. The minimum absolute atomic E-state index is 0.0305. The average Bonchev–Trinajstić information content (AvgIpc) is 2.92. The molecule has 0 spiro atoms. The summed E-state index contributed by atoms with van der Waals surface area (Å²) < 4.78 is 0. The maximum absolute atomic E-state index is 9.29. The minimum Gasteiger partial charge on any atom is -0.396 e. The van der Waals surface area contributed by atoms with E-state index in [-0.39, 0.29) is 19.1 Å². The number of aliphatic hydroxyl groups excluding tert-OH is 2. The van der Waals surface area contributed by atoms with E-state index in [2.05, 4.69) is 87.5 Å². The molecule has 0 heterocycles. The molecule has 0 amide bonds. The van der Waals surface area contributed by atoms with Crippen molar-refractivity contribution in [2.45, 2.75) is 72.1 Å². The molecule has 0 bridgehead atoms. The molecule has 2 heteroatoms. The molecule has 3 rings (SSSR count). The molecule has 0 aromatic heterocycles. The summed E-state index contributed by atoms with van der Waals surface area (Å²) in [5, 5.41) is 18.6. The molecule has 3 aromatic carbocycles. The lowest BCUT2D eigenvalue weighted by Crippen LogP contribution is -2.11. The molecular weight excluding hydrogens is 428 g/mol. The van der Waals surface area contributed by atoms with Crippen molar-refractivity contribution >= 4 is 0 Å². The number of benzene rings is 3. The summed E-state index contributed by atoms with van der Waals surface area (Å²) in [6.07, 6.45) is 9.07. The van der Waals surface area contributed by atoms with E-state index in [9.17, 15) is 10.2 Å². The zero-order chi connectivity index (χ0) is 25.0. The summed E-state index contributed by atoms with van der Waals surface area (Å²) in [5.74, 6) is 0.765. The molecule has 3 aromatic rings. The summed E-state index contributed by atoms with van der Waals surface area (Å²) >= 11 is 0. The van der Waals surface area contributed by atoms with E-state index in [0.29, 0.717) is 0 Å². The molecular formula is C33H44O2. The Bertz CT molecular complexity index is 1000. The van der Waals surface area contributed by atoms with Crippen molar-refractivity contribution in [3.8, 4) is 22.3 Å². The molecule has 2 N–H and O–H groups in total. The van der Waals surface area contributed by atoms with Crippen LogP contribution in [0, 0.1) is 11.8 Å². The fourth-order valence-electron chi connectivity index (χ4n) is 4.92. The summed E-state index contributed by atoms with van der Waals surface area (Å²) in [6, 6.07) is 24.8. The van der Waals surface area contributed by atoms with Gasteiger partial charge in [-0.25, -0.2) is 0 Å². The molecule has 0 fully saturated rings. The van der Waals surface area contributed by atoms with Crippen LogP contribution in [0.2, 0.25) is 0 Å². The highest BCUT2D eigenvalue weighted by Crippen LogP contribution is 2.30. The Kier molecular flexibility index (Phi) is 11.0. The third-order valence-corrected chi connectivity index (χ3v) is 7.46. The van der Waals surface area contributed by atoms with Crippen LogP contribution in [0.3, 0.4) is 0 Å². The van der Waals surface area contributed by atoms with Gasteiger partial charge in [0.05, 0.1) is 0 Å². The van der Waals surface area contributed by atoms with Gasteiger partial charge in [-0.2, -0.15) is 0 Å². The normalized spacial score (nSPS) is 12.3. The molecule has 0 aliphatic rings. The first-order chi connectivity index (χ1) is 17.1. The largest absolute Gasteiger partial charge is 0.396 e. The lowest BCUT2D eigenvalue weighted by atomic mass is 9.90. The van der Waals surface area contributed by atoms with E-state index >= 15 is 0 Å². The predicted octanol–water partition coefficient (Wildman–Crippen LogP) is 7.88. The van der Waals surface area contributed by atoms with Crippen LogP contribution in [0.25, 0.3) is 22.3 Å². The van der Waals surface area contributed by atoms with E-state index in [1.807, 2.05) is 0 Å². The summed E-state index contributed by atoms with van der Waals surface area (Å²) in [6.45, 7) is 6.91. The maximum atomic E-state index is 9.29. The van der Waals surface area contributed by atoms with Gasteiger partial charge in [0.15, 0.2) is 0 Å². The van der Waals surface area contributed by atoms with Crippen LogP contribution >= 0.6 is 0 Å². The number of unbranched alkanes of at least 4 members (excludes halogenated alkanes) is 1. The van der Waals surface area contributed by atoms with Crippen LogP contribution in [0.5, 0.6) is 0 Å². The zero-order valence-electron chi connectivity index (χ0n) is 22.0. The monoisotopic (exact) mass is 472 g/mol. The minimum atomic E-state index is -0.0305.